The summed E-state index contributed by atoms with van der Waals surface area (Å²) in [5.41, 5.74) is 0.901. The van der Waals surface area contributed by atoms with Crippen LogP contribution in [-0.4, -0.2) is 5.78 Å². The molecule has 3 aromatic carbocycles. The minimum absolute atomic E-state index is 0.00788. The fourth-order valence-electron chi connectivity index (χ4n) is 2.84. The molecule has 0 aliphatic heterocycles. The van der Waals surface area contributed by atoms with Crippen LogP contribution in [0.25, 0.3) is 11.0 Å². The van der Waals surface area contributed by atoms with Crippen LogP contribution < -0.4 is 10.4 Å². The second-order valence-corrected chi connectivity index (χ2v) is 6.14. The number of ether oxygens (including phenoxy) is 1. The number of carbonyl (C=O) groups excluding carboxylic acids is 1. The van der Waals surface area contributed by atoms with E-state index in [0.29, 0.717) is 22.5 Å². The van der Waals surface area contributed by atoms with Crippen molar-refractivity contribution in [1.29, 1.82) is 0 Å². The van der Waals surface area contributed by atoms with Crippen LogP contribution in [0.4, 0.5) is 0 Å². The SMILES string of the molecule is O=C(Cc1cc2ccccc2oc1=O)c1ccc(Oc2ccccc2)cc1. The predicted molar refractivity (Wildman–Crippen MR) is 103 cm³/mol. The molecule has 4 aromatic rings. The lowest BCUT2D eigenvalue weighted by atomic mass is 10.0. The summed E-state index contributed by atoms with van der Waals surface area (Å²) in [6, 6.07) is 25.2. The lowest BCUT2D eigenvalue weighted by Gasteiger charge is -2.06. The van der Waals surface area contributed by atoms with E-state index in [0.717, 1.165) is 11.1 Å². The van der Waals surface area contributed by atoms with Crippen molar-refractivity contribution in [2.24, 2.45) is 0 Å². The number of carbonyl (C=O) groups is 1. The molecule has 132 valence electrons. The minimum atomic E-state index is -0.480. The van der Waals surface area contributed by atoms with Gasteiger partial charge in [-0.05, 0) is 48.5 Å². The highest BCUT2D eigenvalue weighted by Crippen LogP contribution is 2.22. The summed E-state index contributed by atoms with van der Waals surface area (Å²) < 4.78 is 11.0. The van der Waals surface area contributed by atoms with Crippen molar-refractivity contribution in [1.82, 2.24) is 0 Å². The van der Waals surface area contributed by atoms with Crippen LogP contribution in [0.2, 0.25) is 0 Å². The molecule has 0 spiro atoms. The number of hydrogen-bond donors (Lipinski definition) is 0. The monoisotopic (exact) mass is 356 g/mol. The van der Waals surface area contributed by atoms with Gasteiger partial charge in [-0.25, -0.2) is 4.79 Å². The van der Waals surface area contributed by atoms with Crippen LogP contribution in [0, 0.1) is 0 Å². The first-order valence-electron chi connectivity index (χ1n) is 8.57. The van der Waals surface area contributed by atoms with Gasteiger partial charge in [-0.3, -0.25) is 4.79 Å². The van der Waals surface area contributed by atoms with Gasteiger partial charge in [0, 0.05) is 22.9 Å². The van der Waals surface area contributed by atoms with Crippen molar-refractivity contribution < 1.29 is 13.9 Å². The molecule has 0 bridgehead atoms. The maximum absolute atomic E-state index is 12.6. The Morgan fingerprint density at radius 3 is 2.26 bits per heavy atom. The molecule has 0 radical (unpaired) electrons. The summed E-state index contributed by atoms with van der Waals surface area (Å²) >= 11 is 0. The van der Waals surface area contributed by atoms with Crippen LogP contribution in [0.3, 0.4) is 0 Å². The smallest absolute Gasteiger partial charge is 0.339 e. The molecular formula is C23H16O4. The van der Waals surface area contributed by atoms with Gasteiger partial charge in [-0.2, -0.15) is 0 Å². The number of para-hydroxylation sites is 2. The van der Waals surface area contributed by atoms with Gasteiger partial charge in [0.2, 0.25) is 0 Å². The second-order valence-electron chi connectivity index (χ2n) is 6.14. The van der Waals surface area contributed by atoms with E-state index in [1.54, 1.807) is 42.5 Å². The summed E-state index contributed by atoms with van der Waals surface area (Å²) in [4.78, 5) is 24.7. The first-order chi connectivity index (χ1) is 13.2. The number of fused-ring (bicyclic) bond motifs is 1. The Labute approximate surface area is 155 Å². The number of Topliss-reactive ketones (excluding diaryl/α,β-unsaturated/α-hetero) is 1. The summed E-state index contributed by atoms with van der Waals surface area (Å²) in [5, 5.41) is 0.798. The molecule has 4 heteroatoms. The Balaban J connectivity index is 1.51. The second kappa shape index (κ2) is 7.30. The number of hydrogen-bond acceptors (Lipinski definition) is 4. The van der Waals surface area contributed by atoms with Gasteiger partial charge in [0.05, 0.1) is 0 Å². The van der Waals surface area contributed by atoms with Gasteiger partial charge in [0.25, 0.3) is 0 Å². The molecule has 0 saturated carbocycles. The zero-order chi connectivity index (χ0) is 18.6. The van der Waals surface area contributed by atoms with E-state index in [9.17, 15) is 9.59 Å². The highest BCUT2D eigenvalue weighted by Gasteiger charge is 2.12. The normalized spacial score (nSPS) is 10.7. The lowest BCUT2D eigenvalue weighted by molar-refractivity contribution is 0.0992. The third kappa shape index (κ3) is 3.80. The average molecular weight is 356 g/mol. The van der Waals surface area contributed by atoms with E-state index in [2.05, 4.69) is 0 Å². The topological polar surface area (TPSA) is 56.5 Å². The molecule has 4 rings (SSSR count). The first-order valence-corrected chi connectivity index (χ1v) is 8.57. The summed E-state index contributed by atoms with van der Waals surface area (Å²) in [7, 11) is 0. The molecule has 0 aliphatic carbocycles. The van der Waals surface area contributed by atoms with Gasteiger partial charge in [-0.1, -0.05) is 36.4 Å². The fraction of sp³-hybridized carbons (Fsp3) is 0.0435. The molecule has 0 amide bonds. The van der Waals surface area contributed by atoms with Crippen molar-refractivity contribution in [2.75, 3.05) is 0 Å². The van der Waals surface area contributed by atoms with Crippen LogP contribution in [0.1, 0.15) is 15.9 Å². The quantitative estimate of drug-likeness (QED) is 0.372. The van der Waals surface area contributed by atoms with Crippen molar-refractivity contribution in [2.45, 2.75) is 6.42 Å². The van der Waals surface area contributed by atoms with E-state index in [-0.39, 0.29) is 12.2 Å². The van der Waals surface area contributed by atoms with E-state index in [1.165, 1.54) is 0 Å². The zero-order valence-electron chi connectivity index (χ0n) is 14.4. The Hall–Kier alpha value is -3.66. The molecule has 0 saturated heterocycles. The van der Waals surface area contributed by atoms with Crippen LogP contribution >= 0.6 is 0 Å². The average Bonchev–Trinajstić information content (AvgIpc) is 2.70. The molecule has 27 heavy (non-hydrogen) atoms. The molecular weight excluding hydrogens is 340 g/mol. The van der Waals surface area contributed by atoms with Gasteiger partial charge in [0.15, 0.2) is 5.78 Å². The largest absolute Gasteiger partial charge is 0.457 e. The third-order valence-corrected chi connectivity index (χ3v) is 4.22. The maximum Gasteiger partial charge on any atom is 0.339 e. The Morgan fingerprint density at radius 1 is 0.815 bits per heavy atom. The fourth-order valence-corrected chi connectivity index (χ4v) is 2.84. The number of ketones is 1. The highest BCUT2D eigenvalue weighted by atomic mass is 16.5. The number of rotatable bonds is 5. The minimum Gasteiger partial charge on any atom is -0.457 e. The van der Waals surface area contributed by atoms with Gasteiger partial charge >= 0.3 is 5.63 Å². The van der Waals surface area contributed by atoms with E-state index in [4.69, 9.17) is 9.15 Å². The summed E-state index contributed by atoms with van der Waals surface area (Å²) in [6.07, 6.45) is -0.00788. The first kappa shape index (κ1) is 16.8. The number of benzene rings is 3. The van der Waals surface area contributed by atoms with Crippen molar-refractivity contribution in [3.8, 4) is 11.5 Å². The molecule has 1 heterocycles. The zero-order valence-corrected chi connectivity index (χ0v) is 14.4. The van der Waals surface area contributed by atoms with Crippen molar-refractivity contribution in [3.05, 3.63) is 106 Å². The van der Waals surface area contributed by atoms with Crippen LogP contribution in [-0.2, 0) is 6.42 Å². The Bertz CT molecular complexity index is 1140. The molecule has 4 nitrogen and oxygen atoms in total. The molecule has 0 aliphatic rings. The van der Waals surface area contributed by atoms with Gasteiger partial charge < -0.3 is 9.15 Å². The highest BCUT2D eigenvalue weighted by molar-refractivity contribution is 5.97. The standard InChI is InChI=1S/C23H16O4/c24-21(15-18-14-17-6-4-5-9-22(17)27-23(18)25)16-10-12-20(13-11-16)26-19-7-2-1-3-8-19/h1-14H,15H2. The molecule has 1 aromatic heterocycles. The van der Waals surface area contributed by atoms with Crippen LogP contribution in [0.5, 0.6) is 11.5 Å². The Morgan fingerprint density at radius 2 is 1.48 bits per heavy atom. The Kier molecular flexibility index (Phi) is 4.54. The van der Waals surface area contributed by atoms with Crippen LogP contribution in [0.15, 0.2) is 94.1 Å². The molecule has 0 atom stereocenters. The van der Waals surface area contributed by atoms with E-state index >= 15 is 0 Å². The summed E-state index contributed by atoms with van der Waals surface area (Å²) in [6.45, 7) is 0. The predicted octanol–water partition coefficient (Wildman–Crippen LogP) is 5.01. The lowest BCUT2D eigenvalue weighted by Crippen LogP contribution is -2.13. The van der Waals surface area contributed by atoms with E-state index in [1.807, 2.05) is 42.5 Å². The maximum atomic E-state index is 12.6. The molecule has 0 unspecified atom stereocenters. The summed E-state index contributed by atoms with van der Waals surface area (Å²) in [5.74, 6) is 1.22. The molecule has 0 fully saturated rings. The van der Waals surface area contributed by atoms with Crippen molar-refractivity contribution in [3.63, 3.8) is 0 Å². The molecule has 0 N–H and O–H groups in total. The third-order valence-electron chi connectivity index (χ3n) is 4.22. The van der Waals surface area contributed by atoms with Gasteiger partial charge in [-0.15, -0.1) is 0 Å². The van der Waals surface area contributed by atoms with E-state index < -0.39 is 5.63 Å². The van der Waals surface area contributed by atoms with Crippen molar-refractivity contribution >= 4 is 16.8 Å². The van der Waals surface area contributed by atoms with Gasteiger partial charge in [0.1, 0.15) is 17.1 Å².